The molecule has 0 radical (unpaired) electrons. The third-order valence-corrected chi connectivity index (χ3v) is 3.94. The fourth-order valence-electron chi connectivity index (χ4n) is 2.53. The predicted molar refractivity (Wildman–Crippen MR) is 77.7 cm³/mol. The number of piperidine rings is 1. The normalized spacial score (nSPS) is 23.2. The first kappa shape index (κ1) is 14.8. The highest BCUT2D eigenvalue weighted by Gasteiger charge is 2.25. The van der Waals surface area contributed by atoms with Gasteiger partial charge in [0, 0.05) is 20.2 Å². The first-order valence-corrected chi connectivity index (χ1v) is 7.11. The second-order valence-corrected chi connectivity index (χ2v) is 5.33. The number of hydrogen-bond acceptors (Lipinski definition) is 4. The number of hydrogen-bond donors (Lipinski definition) is 0. The summed E-state index contributed by atoms with van der Waals surface area (Å²) in [6, 6.07) is 9.34. The molecule has 4 heteroatoms. The number of methoxy groups -OCH3 is 1. The third kappa shape index (κ3) is 3.96. The van der Waals surface area contributed by atoms with Gasteiger partial charge in [0.05, 0.1) is 17.7 Å². The van der Waals surface area contributed by atoms with E-state index in [4.69, 9.17) is 14.7 Å². The highest BCUT2D eigenvalue weighted by molar-refractivity contribution is 5.34. The van der Waals surface area contributed by atoms with Crippen LogP contribution in [0.2, 0.25) is 0 Å². The zero-order valence-electron chi connectivity index (χ0n) is 12.2. The standard InChI is InChI=1S/C16H22N2O2/c1-13-7-8-18(12-16(13)19-2)9-10-20-15-5-3-14(11-17)4-6-15/h3-6,13,16H,7-10,12H2,1-2H3. The Hall–Kier alpha value is -1.57. The molecule has 20 heavy (non-hydrogen) atoms. The van der Waals surface area contributed by atoms with Gasteiger partial charge < -0.3 is 9.47 Å². The molecule has 1 heterocycles. The van der Waals surface area contributed by atoms with Crippen LogP contribution in [0.25, 0.3) is 0 Å². The number of benzene rings is 1. The molecule has 0 saturated carbocycles. The van der Waals surface area contributed by atoms with Crippen LogP contribution in [-0.2, 0) is 4.74 Å². The summed E-state index contributed by atoms with van der Waals surface area (Å²) < 4.78 is 11.2. The molecule has 0 spiro atoms. The summed E-state index contributed by atoms with van der Waals surface area (Å²) in [5, 5.41) is 8.74. The van der Waals surface area contributed by atoms with Crippen molar-refractivity contribution in [3.05, 3.63) is 29.8 Å². The van der Waals surface area contributed by atoms with Crippen LogP contribution in [0.3, 0.4) is 0 Å². The lowest BCUT2D eigenvalue weighted by atomic mass is 9.96. The smallest absolute Gasteiger partial charge is 0.119 e. The van der Waals surface area contributed by atoms with Gasteiger partial charge in [0.1, 0.15) is 12.4 Å². The molecular formula is C16H22N2O2. The topological polar surface area (TPSA) is 45.5 Å². The zero-order chi connectivity index (χ0) is 14.4. The Morgan fingerprint density at radius 3 is 2.75 bits per heavy atom. The van der Waals surface area contributed by atoms with Crippen LogP contribution in [0.15, 0.2) is 24.3 Å². The summed E-state index contributed by atoms with van der Waals surface area (Å²) in [6.07, 6.45) is 1.51. The largest absolute Gasteiger partial charge is 0.492 e. The molecule has 1 aromatic carbocycles. The molecule has 108 valence electrons. The van der Waals surface area contributed by atoms with E-state index in [1.807, 2.05) is 12.1 Å². The van der Waals surface area contributed by atoms with Crippen LogP contribution < -0.4 is 4.74 Å². The van der Waals surface area contributed by atoms with Crippen LogP contribution in [0.1, 0.15) is 18.9 Å². The van der Waals surface area contributed by atoms with E-state index in [2.05, 4.69) is 17.9 Å². The van der Waals surface area contributed by atoms with Crippen molar-refractivity contribution in [1.82, 2.24) is 4.90 Å². The summed E-state index contributed by atoms with van der Waals surface area (Å²) in [4.78, 5) is 2.39. The Morgan fingerprint density at radius 1 is 1.35 bits per heavy atom. The summed E-state index contributed by atoms with van der Waals surface area (Å²) in [6.45, 7) is 5.91. The van der Waals surface area contributed by atoms with Gasteiger partial charge >= 0.3 is 0 Å². The molecule has 4 nitrogen and oxygen atoms in total. The predicted octanol–water partition coefficient (Wildman–Crippen LogP) is 2.29. The molecular weight excluding hydrogens is 252 g/mol. The monoisotopic (exact) mass is 274 g/mol. The Morgan fingerprint density at radius 2 is 2.10 bits per heavy atom. The maximum atomic E-state index is 8.74. The van der Waals surface area contributed by atoms with Gasteiger partial charge in [-0.25, -0.2) is 0 Å². The van der Waals surface area contributed by atoms with Gasteiger partial charge in [-0.15, -0.1) is 0 Å². The van der Waals surface area contributed by atoms with Crippen LogP contribution in [0, 0.1) is 17.2 Å². The van der Waals surface area contributed by atoms with E-state index in [9.17, 15) is 0 Å². The van der Waals surface area contributed by atoms with E-state index in [0.29, 0.717) is 24.2 Å². The minimum absolute atomic E-state index is 0.332. The second kappa shape index (κ2) is 7.28. The number of nitriles is 1. The summed E-state index contributed by atoms with van der Waals surface area (Å²) >= 11 is 0. The maximum absolute atomic E-state index is 8.74. The molecule has 1 fully saturated rings. The van der Waals surface area contributed by atoms with E-state index in [1.165, 1.54) is 6.42 Å². The molecule has 0 aliphatic carbocycles. The van der Waals surface area contributed by atoms with Crippen molar-refractivity contribution < 1.29 is 9.47 Å². The summed E-state index contributed by atoms with van der Waals surface area (Å²) in [5.74, 6) is 1.45. The number of likely N-dealkylation sites (tertiary alicyclic amines) is 1. The van der Waals surface area contributed by atoms with Gasteiger partial charge in [0.25, 0.3) is 0 Å². The lowest BCUT2D eigenvalue weighted by Crippen LogP contribution is -2.45. The van der Waals surface area contributed by atoms with Crippen LogP contribution >= 0.6 is 0 Å². The van der Waals surface area contributed by atoms with Crippen molar-refractivity contribution in [3.63, 3.8) is 0 Å². The Kier molecular flexibility index (Phi) is 5.40. The molecule has 1 saturated heterocycles. The summed E-state index contributed by atoms with van der Waals surface area (Å²) in [7, 11) is 1.79. The van der Waals surface area contributed by atoms with E-state index < -0.39 is 0 Å². The highest BCUT2D eigenvalue weighted by Crippen LogP contribution is 2.19. The van der Waals surface area contributed by atoms with Crippen molar-refractivity contribution in [3.8, 4) is 11.8 Å². The minimum Gasteiger partial charge on any atom is -0.492 e. The van der Waals surface area contributed by atoms with Crippen LogP contribution in [-0.4, -0.2) is 44.4 Å². The Labute approximate surface area is 120 Å². The van der Waals surface area contributed by atoms with Crippen LogP contribution in [0.4, 0.5) is 0 Å². The van der Waals surface area contributed by atoms with Gasteiger partial charge in [-0.3, -0.25) is 4.90 Å². The zero-order valence-corrected chi connectivity index (χ0v) is 12.2. The van der Waals surface area contributed by atoms with Gasteiger partial charge in [-0.05, 0) is 43.1 Å². The van der Waals surface area contributed by atoms with E-state index >= 15 is 0 Å². The van der Waals surface area contributed by atoms with Crippen molar-refractivity contribution in [1.29, 1.82) is 5.26 Å². The van der Waals surface area contributed by atoms with Crippen LogP contribution in [0.5, 0.6) is 5.75 Å². The lowest BCUT2D eigenvalue weighted by Gasteiger charge is -2.36. The third-order valence-electron chi connectivity index (χ3n) is 3.94. The molecule has 0 bridgehead atoms. The molecule has 0 amide bonds. The summed E-state index contributed by atoms with van der Waals surface area (Å²) in [5.41, 5.74) is 0.658. The number of rotatable bonds is 5. The van der Waals surface area contributed by atoms with Gasteiger partial charge in [0.2, 0.25) is 0 Å². The number of ether oxygens (including phenoxy) is 2. The average Bonchev–Trinajstić information content (AvgIpc) is 2.49. The average molecular weight is 274 g/mol. The van der Waals surface area contributed by atoms with Gasteiger partial charge in [0.15, 0.2) is 0 Å². The van der Waals surface area contributed by atoms with Crippen molar-refractivity contribution in [2.45, 2.75) is 19.4 Å². The van der Waals surface area contributed by atoms with Crippen molar-refractivity contribution in [2.75, 3.05) is 33.4 Å². The maximum Gasteiger partial charge on any atom is 0.119 e. The lowest BCUT2D eigenvalue weighted by molar-refractivity contribution is -0.00788. The fraction of sp³-hybridized carbons (Fsp3) is 0.562. The highest BCUT2D eigenvalue weighted by atomic mass is 16.5. The molecule has 1 aliphatic rings. The Balaban J connectivity index is 1.74. The van der Waals surface area contributed by atoms with Gasteiger partial charge in [-0.2, -0.15) is 5.26 Å². The van der Waals surface area contributed by atoms with E-state index in [-0.39, 0.29) is 0 Å². The fourth-order valence-corrected chi connectivity index (χ4v) is 2.53. The van der Waals surface area contributed by atoms with E-state index in [0.717, 1.165) is 25.4 Å². The Bertz CT molecular complexity index is 453. The molecule has 2 unspecified atom stereocenters. The quantitative estimate of drug-likeness (QED) is 0.826. The van der Waals surface area contributed by atoms with Crippen molar-refractivity contribution >= 4 is 0 Å². The molecule has 2 atom stereocenters. The molecule has 0 aromatic heterocycles. The molecule has 1 aromatic rings. The second-order valence-electron chi connectivity index (χ2n) is 5.33. The first-order valence-electron chi connectivity index (χ1n) is 7.11. The molecule has 1 aliphatic heterocycles. The van der Waals surface area contributed by atoms with Gasteiger partial charge in [-0.1, -0.05) is 6.92 Å². The number of nitrogens with zero attached hydrogens (tertiary/aromatic N) is 2. The molecule has 0 N–H and O–H groups in total. The minimum atomic E-state index is 0.332. The first-order chi connectivity index (χ1) is 9.72. The SMILES string of the molecule is COC1CN(CCOc2ccc(C#N)cc2)CCC1C. The van der Waals surface area contributed by atoms with E-state index in [1.54, 1.807) is 19.2 Å². The molecule has 2 rings (SSSR count). The van der Waals surface area contributed by atoms with Crippen molar-refractivity contribution in [2.24, 2.45) is 5.92 Å².